The van der Waals surface area contributed by atoms with Gasteiger partial charge in [0, 0.05) is 33.8 Å². The zero-order valence-electron chi connectivity index (χ0n) is 16.8. The second-order valence-corrected chi connectivity index (χ2v) is 6.56. The Bertz CT molecular complexity index is 1290. The number of ether oxygens (including phenoxy) is 3. The number of nitrogens with zero attached hydrogens (tertiary/aromatic N) is 2. The third-order valence-electron chi connectivity index (χ3n) is 5.02. The summed E-state index contributed by atoms with van der Waals surface area (Å²) < 4.78 is 16.5. The first-order valence-electron chi connectivity index (χ1n) is 9.19. The average molecular weight is 400 g/mol. The molecule has 0 saturated carbocycles. The second-order valence-electron chi connectivity index (χ2n) is 6.56. The normalized spacial score (nSPS) is 10.6. The van der Waals surface area contributed by atoms with Crippen LogP contribution in [0, 0.1) is 11.3 Å². The third kappa shape index (κ3) is 2.95. The molecule has 2 heterocycles. The van der Waals surface area contributed by atoms with Crippen molar-refractivity contribution in [1.82, 2.24) is 9.97 Å². The molecule has 0 radical (unpaired) electrons. The molecule has 7 nitrogen and oxygen atoms in total. The fraction of sp³-hybridized carbons (Fsp3) is 0.130. The fourth-order valence-corrected chi connectivity index (χ4v) is 3.63. The number of fused-ring (bicyclic) bond motifs is 1. The molecule has 2 aromatic heterocycles. The Morgan fingerprint density at radius 2 is 1.70 bits per heavy atom. The van der Waals surface area contributed by atoms with Gasteiger partial charge in [-0.15, -0.1) is 0 Å². The number of H-pyrrole nitrogens is 1. The first kappa shape index (κ1) is 19.2. The number of pyridine rings is 1. The van der Waals surface area contributed by atoms with Gasteiger partial charge in [-0.3, -0.25) is 0 Å². The van der Waals surface area contributed by atoms with E-state index in [9.17, 15) is 5.26 Å². The highest BCUT2D eigenvalue weighted by molar-refractivity contribution is 5.96. The predicted molar refractivity (Wildman–Crippen MR) is 116 cm³/mol. The van der Waals surface area contributed by atoms with E-state index in [1.165, 1.54) is 14.2 Å². The van der Waals surface area contributed by atoms with Crippen LogP contribution in [0.3, 0.4) is 0 Å². The zero-order chi connectivity index (χ0) is 21.3. The highest BCUT2D eigenvalue weighted by Crippen LogP contribution is 2.46. The number of rotatable bonds is 5. The Balaban J connectivity index is 2.01. The molecular weight excluding hydrogens is 380 g/mol. The molecule has 7 heteroatoms. The summed E-state index contributed by atoms with van der Waals surface area (Å²) in [4.78, 5) is 7.74. The average Bonchev–Trinajstić information content (AvgIpc) is 3.21. The number of hydrogen-bond donors (Lipinski definition) is 2. The number of aromatic nitrogens is 2. The van der Waals surface area contributed by atoms with Gasteiger partial charge in [-0.05, 0) is 24.3 Å². The van der Waals surface area contributed by atoms with Crippen molar-refractivity contribution in [2.75, 3.05) is 27.1 Å². The molecule has 0 spiro atoms. The highest BCUT2D eigenvalue weighted by atomic mass is 16.5. The lowest BCUT2D eigenvalue weighted by atomic mass is 9.97. The van der Waals surface area contributed by atoms with Crippen LogP contribution in [0.25, 0.3) is 33.3 Å². The molecule has 0 bridgehead atoms. The summed E-state index contributed by atoms with van der Waals surface area (Å²) in [6.07, 6.45) is 1.88. The Hall–Kier alpha value is -4.18. The number of methoxy groups -OCH3 is 3. The van der Waals surface area contributed by atoms with E-state index in [4.69, 9.17) is 19.9 Å². The van der Waals surface area contributed by atoms with Gasteiger partial charge in [0.2, 0.25) is 5.75 Å². The summed E-state index contributed by atoms with van der Waals surface area (Å²) in [5.74, 6) is 1.55. The maximum absolute atomic E-state index is 9.77. The molecule has 4 rings (SSSR count). The molecule has 30 heavy (non-hydrogen) atoms. The van der Waals surface area contributed by atoms with Crippen LogP contribution >= 0.6 is 0 Å². The maximum atomic E-state index is 9.77. The van der Waals surface area contributed by atoms with Gasteiger partial charge in [-0.1, -0.05) is 18.2 Å². The standard InChI is InChI=1S/C23H20N4O3/c1-28-20-9-8-14(21(29-2)22(20)30-3)15-10-19(27-23(25)16(15)11-24)17-12-26-18-7-5-4-6-13(17)18/h4-10,12,26H,1-3H3,(H2,25,27). The van der Waals surface area contributed by atoms with Crippen molar-refractivity contribution in [3.05, 3.63) is 54.2 Å². The second kappa shape index (κ2) is 7.68. The molecule has 0 aliphatic carbocycles. The van der Waals surface area contributed by atoms with Gasteiger partial charge < -0.3 is 24.9 Å². The van der Waals surface area contributed by atoms with E-state index in [1.54, 1.807) is 13.2 Å². The lowest BCUT2D eigenvalue weighted by molar-refractivity contribution is 0.325. The monoisotopic (exact) mass is 400 g/mol. The van der Waals surface area contributed by atoms with E-state index >= 15 is 0 Å². The van der Waals surface area contributed by atoms with Gasteiger partial charge in [-0.25, -0.2) is 4.98 Å². The molecular formula is C23H20N4O3. The van der Waals surface area contributed by atoms with Crippen LogP contribution in [0.2, 0.25) is 0 Å². The van der Waals surface area contributed by atoms with Crippen molar-refractivity contribution in [2.45, 2.75) is 0 Å². The number of nitriles is 1. The van der Waals surface area contributed by atoms with E-state index in [0.29, 0.717) is 34.1 Å². The molecule has 0 fully saturated rings. The Morgan fingerprint density at radius 3 is 2.40 bits per heavy atom. The predicted octanol–water partition coefficient (Wildman–Crippen LogP) is 4.38. The maximum Gasteiger partial charge on any atom is 0.203 e. The number of nitrogen functional groups attached to an aromatic ring is 1. The van der Waals surface area contributed by atoms with Gasteiger partial charge in [0.05, 0.1) is 27.0 Å². The summed E-state index contributed by atoms with van der Waals surface area (Å²) in [5.41, 5.74) is 10.2. The van der Waals surface area contributed by atoms with E-state index in [0.717, 1.165) is 16.5 Å². The number of para-hydroxylation sites is 1. The Morgan fingerprint density at radius 1 is 0.933 bits per heavy atom. The lowest BCUT2D eigenvalue weighted by Crippen LogP contribution is -2.02. The highest BCUT2D eigenvalue weighted by Gasteiger charge is 2.22. The molecule has 2 aromatic carbocycles. The van der Waals surface area contributed by atoms with E-state index < -0.39 is 0 Å². The van der Waals surface area contributed by atoms with Crippen LogP contribution in [0.15, 0.2) is 48.7 Å². The van der Waals surface area contributed by atoms with Gasteiger partial charge in [-0.2, -0.15) is 5.26 Å². The van der Waals surface area contributed by atoms with Gasteiger partial charge >= 0.3 is 0 Å². The van der Waals surface area contributed by atoms with Gasteiger partial charge in [0.15, 0.2) is 11.5 Å². The molecule has 0 amide bonds. The molecule has 0 atom stereocenters. The first-order valence-corrected chi connectivity index (χ1v) is 9.19. The number of anilines is 1. The fourth-order valence-electron chi connectivity index (χ4n) is 3.63. The number of benzene rings is 2. The summed E-state index contributed by atoms with van der Waals surface area (Å²) in [6, 6.07) is 15.5. The summed E-state index contributed by atoms with van der Waals surface area (Å²) in [6.45, 7) is 0. The third-order valence-corrected chi connectivity index (χ3v) is 5.02. The summed E-state index contributed by atoms with van der Waals surface area (Å²) in [7, 11) is 4.63. The van der Waals surface area contributed by atoms with Crippen molar-refractivity contribution in [1.29, 1.82) is 5.26 Å². The zero-order valence-corrected chi connectivity index (χ0v) is 16.8. The molecule has 0 unspecified atom stereocenters. The van der Waals surface area contributed by atoms with Crippen LogP contribution in [-0.2, 0) is 0 Å². The molecule has 0 saturated heterocycles. The Labute approximate surface area is 173 Å². The van der Waals surface area contributed by atoms with Crippen molar-refractivity contribution >= 4 is 16.7 Å². The van der Waals surface area contributed by atoms with E-state index in [-0.39, 0.29) is 11.4 Å². The number of aromatic amines is 1. The minimum Gasteiger partial charge on any atom is -0.493 e. The first-order chi connectivity index (χ1) is 14.6. The smallest absolute Gasteiger partial charge is 0.203 e. The Kier molecular flexibility index (Phi) is 4.90. The largest absolute Gasteiger partial charge is 0.493 e. The summed E-state index contributed by atoms with van der Waals surface area (Å²) >= 11 is 0. The van der Waals surface area contributed by atoms with Gasteiger partial charge in [0.1, 0.15) is 17.5 Å². The van der Waals surface area contributed by atoms with Gasteiger partial charge in [0.25, 0.3) is 0 Å². The number of nitrogens with two attached hydrogens (primary N) is 1. The molecule has 4 aromatic rings. The minimum atomic E-state index is 0.145. The molecule has 0 aliphatic rings. The van der Waals surface area contributed by atoms with Crippen LogP contribution in [0.4, 0.5) is 5.82 Å². The van der Waals surface area contributed by atoms with Crippen molar-refractivity contribution in [3.8, 4) is 45.7 Å². The van der Waals surface area contributed by atoms with Crippen LogP contribution in [0.1, 0.15) is 5.56 Å². The molecule has 150 valence electrons. The van der Waals surface area contributed by atoms with Crippen LogP contribution in [0.5, 0.6) is 17.2 Å². The lowest BCUT2D eigenvalue weighted by Gasteiger charge is -2.17. The molecule has 0 aliphatic heterocycles. The summed E-state index contributed by atoms with van der Waals surface area (Å²) in [5, 5.41) is 10.8. The number of hydrogen-bond acceptors (Lipinski definition) is 6. The van der Waals surface area contributed by atoms with Crippen molar-refractivity contribution < 1.29 is 14.2 Å². The number of nitrogens with one attached hydrogen (secondary N) is 1. The molecule has 3 N–H and O–H groups in total. The van der Waals surface area contributed by atoms with E-state index in [2.05, 4.69) is 16.0 Å². The van der Waals surface area contributed by atoms with Crippen LogP contribution in [-0.4, -0.2) is 31.3 Å². The quantitative estimate of drug-likeness (QED) is 0.515. The van der Waals surface area contributed by atoms with Crippen LogP contribution < -0.4 is 19.9 Å². The van der Waals surface area contributed by atoms with Crippen molar-refractivity contribution in [2.24, 2.45) is 0 Å². The van der Waals surface area contributed by atoms with Crippen molar-refractivity contribution in [3.63, 3.8) is 0 Å². The topological polar surface area (TPSA) is 106 Å². The SMILES string of the molecule is COc1ccc(-c2cc(-c3c[nH]c4ccccc34)nc(N)c2C#N)c(OC)c1OC. The van der Waals surface area contributed by atoms with E-state index in [1.807, 2.05) is 42.6 Å². The minimum absolute atomic E-state index is 0.145.